The molecule has 0 radical (unpaired) electrons. The van der Waals surface area contributed by atoms with Crippen LogP contribution >= 0.6 is 11.8 Å². The van der Waals surface area contributed by atoms with E-state index in [9.17, 15) is 5.26 Å². The van der Waals surface area contributed by atoms with Crippen molar-refractivity contribution in [2.45, 2.75) is 57.6 Å². The first-order valence-electron chi connectivity index (χ1n) is 9.82. The van der Waals surface area contributed by atoms with Gasteiger partial charge in [-0.05, 0) is 23.9 Å². The van der Waals surface area contributed by atoms with Crippen LogP contribution in [0.3, 0.4) is 0 Å². The van der Waals surface area contributed by atoms with Crippen LogP contribution in [0.15, 0.2) is 30.2 Å². The molecule has 3 heterocycles. The molecule has 0 N–H and O–H groups in total. The molecule has 1 unspecified atom stereocenters. The van der Waals surface area contributed by atoms with Crippen molar-refractivity contribution in [3.8, 4) is 6.07 Å². The third-order valence-electron chi connectivity index (χ3n) is 4.83. The highest BCUT2D eigenvalue weighted by Gasteiger charge is 2.31. The number of thioether (sulfide) groups is 1. The van der Waals surface area contributed by atoms with Crippen molar-refractivity contribution >= 4 is 36.7 Å². The van der Waals surface area contributed by atoms with E-state index in [1.165, 1.54) is 0 Å². The molecule has 1 aliphatic rings. The molecule has 2 atom stereocenters. The molecule has 28 heavy (non-hydrogen) atoms. The first kappa shape index (κ1) is 20.9. The summed E-state index contributed by atoms with van der Waals surface area (Å²) in [5.74, 6) is 0.815. The summed E-state index contributed by atoms with van der Waals surface area (Å²) >= 11 is 1.69. The van der Waals surface area contributed by atoms with Gasteiger partial charge in [0.1, 0.15) is 29.9 Å². The molecule has 2 aromatic rings. The molecule has 8 heteroatoms. The van der Waals surface area contributed by atoms with Gasteiger partial charge in [0.15, 0.2) is 0 Å². The average molecular weight is 416 g/mol. The van der Waals surface area contributed by atoms with Crippen LogP contribution in [0.25, 0.3) is 11.0 Å². The summed E-state index contributed by atoms with van der Waals surface area (Å²) in [4.78, 5) is 11.2. The van der Waals surface area contributed by atoms with Gasteiger partial charge in [-0.3, -0.25) is 0 Å². The van der Waals surface area contributed by atoms with E-state index in [0.717, 1.165) is 42.3 Å². The summed E-state index contributed by atoms with van der Waals surface area (Å²) in [6, 6.07) is 5.67. The largest absolute Gasteiger partial charge is 0.361 e. The van der Waals surface area contributed by atoms with Gasteiger partial charge in [-0.1, -0.05) is 33.0 Å². The number of nitrogens with zero attached hydrogens (tertiary/aromatic N) is 5. The van der Waals surface area contributed by atoms with Gasteiger partial charge < -0.3 is 14.2 Å². The zero-order valence-corrected chi connectivity index (χ0v) is 18.9. The van der Waals surface area contributed by atoms with Gasteiger partial charge in [0.2, 0.25) is 0 Å². The lowest BCUT2D eigenvalue weighted by Crippen LogP contribution is -2.31. The fourth-order valence-electron chi connectivity index (χ4n) is 3.23. The lowest BCUT2D eigenvalue weighted by Gasteiger charge is -2.27. The second kappa shape index (κ2) is 9.12. The molecule has 0 aliphatic carbocycles. The highest BCUT2D eigenvalue weighted by molar-refractivity contribution is 8.03. The third kappa shape index (κ3) is 4.77. The van der Waals surface area contributed by atoms with Gasteiger partial charge in [-0.15, -0.1) is 11.8 Å². The molecule has 0 saturated heterocycles. The Morgan fingerprint density at radius 1 is 1.36 bits per heavy atom. The van der Waals surface area contributed by atoms with E-state index in [0.29, 0.717) is 6.73 Å². The van der Waals surface area contributed by atoms with Crippen LogP contribution in [-0.4, -0.2) is 34.6 Å². The zero-order valence-electron chi connectivity index (χ0n) is 17.1. The van der Waals surface area contributed by atoms with Crippen LogP contribution in [0.1, 0.15) is 19.8 Å². The molecule has 2 aromatic heterocycles. The summed E-state index contributed by atoms with van der Waals surface area (Å²) in [5.41, 5.74) is 0.867. The Balaban J connectivity index is 1.79. The first-order valence-corrected chi connectivity index (χ1v) is 14.5. The van der Waals surface area contributed by atoms with Crippen molar-refractivity contribution in [2.24, 2.45) is 5.92 Å². The fourth-order valence-corrected chi connectivity index (χ4v) is 5.04. The molecule has 150 valence electrons. The van der Waals surface area contributed by atoms with Crippen LogP contribution in [-0.2, 0) is 11.5 Å². The van der Waals surface area contributed by atoms with E-state index in [2.05, 4.69) is 52.9 Å². The number of rotatable bonds is 9. The van der Waals surface area contributed by atoms with Crippen LogP contribution in [0, 0.1) is 17.2 Å². The van der Waals surface area contributed by atoms with Crippen LogP contribution in [0.4, 0.5) is 5.82 Å². The predicted molar refractivity (Wildman–Crippen MR) is 119 cm³/mol. The number of aromatic nitrogens is 3. The lowest BCUT2D eigenvalue weighted by molar-refractivity contribution is 0.0899. The average Bonchev–Trinajstić information content (AvgIpc) is 3.29. The Kier molecular flexibility index (Phi) is 6.80. The molecule has 1 aliphatic heterocycles. The molecule has 0 saturated carbocycles. The molecule has 6 nitrogen and oxygen atoms in total. The minimum atomic E-state index is -1.09. The van der Waals surface area contributed by atoms with Gasteiger partial charge in [0.25, 0.3) is 0 Å². The molecule has 0 spiro atoms. The highest BCUT2D eigenvalue weighted by atomic mass is 32.2. The quantitative estimate of drug-likeness (QED) is 0.422. The SMILES string of the molecule is CCC[C@H](C#N)C1SC=CN1c1ncnc2c1ccn2COCC[Si](C)(C)C. The summed E-state index contributed by atoms with van der Waals surface area (Å²) in [6.45, 7) is 10.5. The number of hydrogen-bond donors (Lipinski definition) is 0. The third-order valence-corrected chi connectivity index (χ3v) is 7.65. The van der Waals surface area contributed by atoms with Crippen molar-refractivity contribution in [1.29, 1.82) is 5.26 Å². The molecule has 3 rings (SSSR count). The molecule has 0 bridgehead atoms. The highest BCUT2D eigenvalue weighted by Crippen LogP contribution is 2.38. The van der Waals surface area contributed by atoms with Gasteiger partial charge >= 0.3 is 0 Å². The molecule has 0 fully saturated rings. The lowest BCUT2D eigenvalue weighted by atomic mass is 10.0. The van der Waals surface area contributed by atoms with E-state index >= 15 is 0 Å². The minimum absolute atomic E-state index is 0.0398. The van der Waals surface area contributed by atoms with Gasteiger partial charge in [-0.2, -0.15) is 5.26 Å². The van der Waals surface area contributed by atoms with E-state index < -0.39 is 8.07 Å². The van der Waals surface area contributed by atoms with Gasteiger partial charge in [0, 0.05) is 27.1 Å². The summed E-state index contributed by atoms with van der Waals surface area (Å²) in [7, 11) is -1.09. The van der Waals surface area contributed by atoms with Crippen molar-refractivity contribution in [3.63, 3.8) is 0 Å². The van der Waals surface area contributed by atoms with Crippen LogP contribution in [0.2, 0.25) is 25.7 Å². The molecule has 0 aromatic carbocycles. The maximum atomic E-state index is 9.61. The van der Waals surface area contributed by atoms with Crippen molar-refractivity contribution in [2.75, 3.05) is 11.5 Å². The second-order valence-corrected chi connectivity index (χ2v) is 15.0. The van der Waals surface area contributed by atoms with E-state index in [4.69, 9.17) is 4.74 Å². The number of ether oxygens (including phenoxy) is 1. The Bertz CT molecular complexity index is 870. The predicted octanol–water partition coefficient (Wildman–Crippen LogP) is 5.03. The topological polar surface area (TPSA) is 67.0 Å². The summed E-state index contributed by atoms with van der Waals surface area (Å²) in [6.07, 6.45) is 7.51. The summed E-state index contributed by atoms with van der Waals surface area (Å²) < 4.78 is 7.93. The van der Waals surface area contributed by atoms with E-state index in [1.807, 2.05) is 23.0 Å². The number of hydrogen-bond acceptors (Lipinski definition) is 6. The fraction of sp³-hybridized carbons (Fsp3) is 0.550. The monoisotopic (exact) mass is 415 g/mol. The van der Waals surface area contributed by atoms with E-state index in [1.54, 1.807) is 18.1 Å². The van der Waals surface area contributed by atoms with Crippen molar-refractivity contribution < 1.29 is 4.74 Å². The minimum Gasteiger partial charge on any atom is -0.361 e. The number of anilines is 1. The Labute approximate surface area is 172 Å². The maximum Gasteiger partial charge on any atom is 0.147 e. The molecule has 0 amide bonds. The number of fused-ring (bicyclic) bond motifs is 1. The smallest absolute Gasteiger partial charge is 0.147 e. The maximum absolute atomic E-state index is 9.61. The van der Waals surface area contributed by atoms with Gasteiger partial charge in [0.05, 0.1) is 17.4 Å². The van der Waals surface area contributed by atoms with E-state index in [-0.39, 0.29) is 11.3 Å². The second-order valence-electron chi connectivity index (χ2n) is 8.31. The Morgan fingerprint density at radius 3 is 2.89 bits per heavy atom. The van der Waals surface area contributed by atoms with Gasteiger partial charge in [-0.25, -0.2) is 9.97 Å². The molecular weight excluding hydrogens is 386 g/mol. The standard InChI is InChI=1S/C20H29N5OSSi/c1-5-6-16(13-21)20-25(9-11-27-20)19-17-7-8-24(18(17)22-14-23-19)15-26-10-12-28(2,3)4/h7-9,11,14,16,20H,5-6,10,12,15H2,1-4H3/t16-,20?/m1/s1. The zero-order chi connectivity index (χ0) is 20.1. The Hall–Kier alpha value is -1.82. The summed E-state index contributed by atoms with van der Waals surface area (Å²) in [5, 5.41) is 12.7. The molecular formula is C20H29N5OSSi. The van der Waals surface area contributed by atoms with Crippen LogP contribution < -0.4 is 4.90 Å². The number of nitriles is 1. The van der Waals surface area contributed by atoms with Crippen molar-refractivity contribution in [3.05, 3.63) is 30.2 Å². The first-order chi connectivity index (χ1) is 13.4. The van der Waals surface area contributed by atoms with Crippen molar-refractivity contribution in [1.82, 2.24) is 14.5 Å². The van der Waals surface area contributed by atoms with Crippen LogP contribution in [0.5, 0.6) is 0 Å². The normalized spacial score (nSPS) is 18.0. The Morgan fingerprint density at radius 2 is 2.18 bits per heavy atom.